The van der Waals surface area contributed by atoms with Crippen molar-refractivity contribution in [3.8, 4) is 5.75 Å². The molecule has 9 nitrogen and oxygen atoms in total. The second kappa shape index (κ2) is 8.17. The SMILES string of the molecule is CC(C)(C)OC(=O)N1CCN(c2nc3ncccc3o2)C(COc2cccnc2)C1. The Morgan fingerprint density at radius 1 is 1.23 bits per heavy atom. The van der Waals surface area contributed by atoms with Gasteiger partial charge in [0.15, 0.2) is 5.58 Å². The normalized spacial score (nSPS) is 17.2. The molecule has 9 heteroatoms. The highest BCUT2D eigenvalue weighted by Crippen LogP contribution is 2.25. The molecule has 158 valence electrons. The Morgan fingerprint density at radius 2 is 2.07 bits per heavy atom. The Balaban J connectivity index is 1.54. The van der Waals surface area contributed by atoms with E-state index in [4.69, 9.17) is 13.9 Å². The molecule has 1 fully saturated rings. The van der Waals surface area contributed by atoms with Gasteiger partial charge in [-0.1, -0.05) is 0 Å². The molecule has 1 aliphatic heterocycles. The van der Waals surface area contributed by atoms with E-state index in [0.29, 0.717) is 49.2 Å². The minimum Gasteiger partial charge on any atom is -0.490 e. The number of carbonyl (C=O) groups is 1. The molecule has 1 saturated heterocycles. The summed E-state index contributed by atoms with van der Waals surface area (Å²) in [6.07, 6.45) is 4.68. The molecular formula is C21H25N5O4. The average molecular weight is 411 g/mol. The van der Waals surface area contributed by atoms with Gasteiger partial charge in [0.05, 0.1) is 12.2 Å². The number of hydrogen-bond acceptors (Lipinski definition) is 8. The quantitative estimate of drug-likeness (QED) is 0.646. The van der Waals surface area contributed by atoms with Crippen LogP contribution in [0.3, 0.4) is 0 Å². The molecule has 0 aliphatic carbocycles. The van der Waals surface area contributed by atoms with Gasteiger partial charge in [0.2, 0.25) is 5.65 Å². The number of fused-ring (bicyclic) bond motifs is 1. The van der Waals surface area contributed by atoms with E-state index in [-0.39, 0.29) is 12.1 Å². The lowest BCUT2D eigenvalue weighted by Gasteiger charge is -2.40. The van der Waals surface area contributed by atoms with E-state index in [1.165, 1.54) is 0 Å². The molecule has 3 aromatic rings. The molecule has 3 aromatic heterocycles. The molecule has 0 aromatic carbocycles. The van der Waals surface area contributed by atoms with Crippen LogP contribution in [0.15, 0.2) is 47.3 Å². The van der Waals surface area contributed by atoms with Crippen molar-refractivity contribution < 1.29 is 18.7 Å². The summed E-state index contributed by atoms with van der Waals surface area (Å²) in [7, 11) is 0. The third kappa shape index (κ3) is 4.61. The summed E-state index contributed by atoms with van der Waals surface area (Å²) in [5.74, 6) is 0.658. The summed E-state index contributed by atoms with van der Waals surface area (Å²) in [4.78, 5) is 29.1. The van der Waals surface area contributed by atoms with E-state index in [9.17, 15) is 4.79 Å². The zero-order valence-corrected chi connectivity index (χ0v) is 17.3. The van der Waals surface area contributed by atoms with Gasteiger partial charge in [-0.15, -0.1) is 0 Å². The molecule has 4 rings (SSSR count). The van der Waals surface area contributed by atoms with Crippen LogP contribution in [0, 0.1) is 0 Å². The van der Waals surface area contributed by atoms with Crippen LogP contribution in [0.2, 0.25) is 0 Å². The highest BCUT2D eigenvalue weighted by Gasteiger charge is 2.34. The molecule has 1 aliphatic rings. The maximum Gasteiger partial charge on any atom is 0.410 e. The molecule has 0 bridgehead atoms. The minimum atomic E-state index is -0.554. The van der Waals surface area contributed by atoms with Gasteiger partial charge in [0, 0.05) is 32.0 Å². The van der Waals surface area contributed by atoms with Crippen molar-refractivity contribution in [2.45, 2.75) is 32.4 Å². The Morgan fingerprint density at radius 3 is 2.80 bits per heavy atom. The summed E-state index contributed by atoms with van der Waals surface area (Å²) in [6, 6.07) is 7.58. The summed E-state index contributed by atoms with van der Waals surface area (Å²) >= 11 is 0. The van der Waals surface area contributed by atoms with Gasteiger partial charge in [-0.2, -0.15) is 4.98 Å². The van der Waals surface area contributed by atoms with E-state index >= 15 is 0 Å². The van der Waals surface area contributed by atoms with Crippen LogP contribution in [0.4, 0.5) is 10.8 Å². The number of anilines is 1. The van der Waals surface area contributed by atoms with E-state index in [1.807, 2.05) is 43.9 Å². The molecule has 1 unspecified atom stereocenters. The fourth-order valence-corrected chi connectivity index (χ4v) is 3.25. The van der Waals surface area contributed by atoms with Crippen LogP contribution in [0.25, 0.3) is 11.2 Å². The second-order valence-corrected chi connectivity index (χ2v) is 8.09. The van der Waals surface area contributed by atoms with Gasteiger partial charge in [-0.05, 0) is 45.0 Å². The van der Waals surface area contributed by atoms with Crippen molar-refractivity contribution in [2.75, 3.05) is 31.1 Å². The van der Waals surface area contributed by atoms with Crippen molar-refractivity contribution >= 4 is 23.3 Å². The van der Waals surface area contributed by atoms with Gasteiger partial charge in [0.25, 0.3) is 6.01 Å². The number of ether oxygens (including phenoxy) is 2. The number of nitrogens with zero attached hydrogens (tertiary/aromatic N) is 5. The smallest absolute Gasteiger partial charge is 0.410 e. The lowest BCUT2D eigenvalue weighted by Crippen LogP contribution is -2.57. The van der Waals surface area contributed by atoms with Gasteiger partial charge in [-0.25, -0.2) is 9.78 Å². The van der Waals surface area contributed by atoms with Crippen LogP contribution in [0.5, 0.6) is 5.75 Å². The first-order valence-electron chi connectivity index (χ1n) is 9.88. The topological polar surface area (TPSA) is 93.8 Å². The average Bonchev–Trinajstić information content (AvgIpc) is 3.15. The number of oxazole rings is 1. The van der Waals surface area contributed by atoms with Crippen molar-refractivity contribution in [3.63, 3.8) is 0 Å². The Kier molecular flexibility index (Phi) is 5.43. The van der Waals surface area contributed by atoms with Crippen molar-refractivity contribution in [2.24, 2.45) is 0 Å². The minimum absolute atomic E-state index is 0.181. The fraction of sp³-hybridized carbons (Fsp3) is 0.429. The fourth-order valence-electron chi connectivity index (χ4n) is 3.25. The number of hydrogen-bond donors (Lipinski definition) is 0. The number of aromatic nitrogens is 3. The molecule has 1 amide bonds. The zero-order chi connectivity index (χ0) is 21.1. The monoisotopic (exact) mass is 411 g/mol. The van der Waals surface area contributed by atoms with Crippen LogP contribution in [-0.4, -0.2) is 63.8 Å². The lowest BCUT2D eigenvalue weighted by atomic mass is 10.2. The predicted octanol–water partition coefficient (Wildman–Crippen LogP) is 3.12. The molecule has 0 spiro atoms. The first-order valence-corrected chi connectivity index (χ1v) is 9.88. The largest absolute Gasteiger partial charge is 0.490 e. The molecular weight excluding hydrogens is 386 g/mol. The van der Waals surface area contributed by atoms with Crippen LogP contribution in [0.1, 0.15) is 20.8 Å². The van der Waals surface area contributed by atoms with Gasteiger partial charge in [-0.3, -0.25) is 4.98 Å². The standard InChI is InChI=1S/C21H25N5O4/c1-21(2,3)30-20(27)25-10-11-26(19-24-18-17(29-19)7-5-9-23-18)15(13-25)14-28-16-6-4-8-22-12-16/h4-9,12,15H,10-11,13-14H2,1-3H3. The van der Waals surface area contributed by atoms with Crippen molar-refractivity contribution in [3.05, 3.63) is 42.9 Å². The summed E-state index contributed by atoms with van der Waals surface area (Å²) in [6.45, 7) is 7.34. The molecule has 0 saturated carbocycles. The number of rotatable bonds is 4. The van der Waals surface area contributed by atoms with E-state index in [0.717, 1.165) is 0 Å². The summed E-state index contributed by atoms with van der Waals surface area (Å²) < 4.78 is 17.4. The number of pyridine rings is 2. The van der Waals surface area contributed by atoms with E-state index < -0.39 is 5.60 Å². The van der Waals surface area contributed by atoms with Gasteiger partial charge >= 0.3 is 6.09 Å². The Labute approximate surface area is 174 Å². The molecule has 4 heterocycles. The number of amides is 1. The first-order chi connectivity index (χ1) is 14.4. The highest BCUT2D eigenvalue weighted by molar-refractivity contribution is 5.70. The van der Waals surface area contributed by atoms with Crippen LogP contribution >= 0.6 is 0 Å². The maximum absolute atomic E-state index is 12.6. The molecule has 0 N–H and O–H groups in total. The van der Waals surface area contributed by atoms with Gasteiger partial charge < -0.3 is 23.7 Å². The van der Waals surface area contributed by atoms with Crippen LogP contribution in [-0.2, 0) is 4.74 Å². The van der Waals surface area contributed by atoms with Crippen molar-refractivity contribution in [1.82, 2.24) is 19.9 Å². The third-order valence-electron chi connectivity index (χ3n) is 4.61. The molecule has 1 atom stereocenters. The maximum atomic E-state index is 12.6. The van der Waals surface area contributed by atoms with E-state index in [1.54, 1.807) is 29.6 Å². The Bertz CT molecular complexity index is 968. The summed E-state index contributed by atoms with van der Waals surface area (Å²) in [5.41, 5.74) is 0.616. The predicted molar refractivity (Wildman–Crippen MR) is 110 cm³/mol. The first kappa shape index (κ1) is 19.9. The Hall–Kier alpha value is -3.36. The zero-order valence-electron chi connectivity index (χ0n) is 17.3. The van der Waals surface area contributed by atoms with Crippen LogP contribution < -0.4 is 9.64 Å². The molecule has 30 heavy (non-hydrogen) atoms. The number of piperazine rings is 1. The number of carbonyl (C=O) groups excluding carboxylic acids is 1. The van der Waals surface area contributed by atoms with Gasteiger partial charge in [0.1, 0.15) is 18.0 Å². The molecule has 0 radical (unpaired) electrons. The highest BCUT2D eigenvalue weighted by atomic mass is 16.6. The lowest BCUT2D eigenvalue weighted by molar-refractivity contribution is 0.0198. The van der Waals surface area contributed by atoms with E-state index in [2.05, 4.69) is 15.0 Å². The van der Waals surface area contributed by atoms with Crippen molar-refractivity contribution in [1.29, 1.82) is 0 Å². The second-order valence-electron chi connectivity index (χ2n) is 8.09. The third-order valence-corrected chi connectivity index (χ3v) is 4.61. The summed E-state index contributed by atoms with van der Waals surface area (Å²) in [5, 5.41) is 0.